The molecule has 0 saturated heterocycles. The van der Waals surface area contributed by atoms with Crippen LogP contribution in [0.25, 0.3) is 0 Å². The van der Waals surface area contributed by atoms with Crippen LogP contribution in [0, 0.1) is 5.41 Å². The molecule has 1 atom stereocenters. The molecular formula is C13H22N4. The first-order valence-corrected chi connectivity index (χ1v) is 6.44. The maximum atomic E-state index is 4.51. The summed E-state index contributed by atoms with van der Waals surface area (Å²) in [6.07, 6.45) is 7.36. The highest BCUT2D eigenvalue weighted by Gasteiger charge is 2.34. The molecule has 1 aromatic heterocycles. The Morgan fingerprint density at radius 1 is 1.35 bits per heavy atom. The SMILES string of the molecule is CCNc1cncc(NC2CCCC2(C)C)n1. The Morgan fingerprint density at radius 2 is 2.12 bits per heavy atom. The van der Waals surface area contributed by atoms with Crippen molar-refractivity contribution in [1.29, 1.82) is 0 Å². The van der Waals surface area contributed by atoms with E-state index >= 15 is 0 Å². The Labute approximate surface area is 103 Å². The van der Waals surface area contributed by atoms with Gasteiger partial charge >= 0.3 is 0 Å². The molecule has 0 radical (unpaired) electrons. The van der Waals surface area contributed by atoms with Gasteiger partial charge < -0.3 is 10.6 Å². The van der Waals surface area contributed by atoms with Gasteiger partial charge in [0.15, 0.2) is 0 Å². The van der Waals surface area contributed by atoms with Crippen LogP contribution in [-0.4, -0.2) is 22.6 Å². The molecule has 0 aliphatic heterocycles. The van der Waals surface area contributed by atoms with E-state index in [2.05, 4.69) is 41.4 Å². The number of rotatable bonds is 4. The van der Waals surface area contributed by atoms with Crippen molar-refractivity contribution in [3.05, 3.63) is 12.4 Å². The fourth-order valence-corrected chi connectivity index (χ4v) is 2.47. The normalized spacial score (nSPS) is 22.4. The van der Waals surface area contributed by atoms with Gasteiger partial charge in [-0.15, -0.1) is 0 Å². The van der Waals surface area contributed by atoms with Gasteiger partial charge in [0.2, 0.25) is 0 Å². The minimum absolute atomic E-state index is 0.357. The molecule has 0 aromatic carbocycles. The van der Waals surface area contributed by atoms with Gasteiger partial charge in [0.25, 0.3) is 0 Å². The molecule has 1 saturated carbocycles. The Balaban J connectivity index is 2.05. The summed E-state index contributed by atoms with van der Waals surface area (Å²) in [5, 5.41) is 6.70. The Hall–Kier alpha value is -1.32. The van der Waals surface area contributed by atoms with Crippen molar-refractivity contribution in [2.24, 2.45) is 5.41 Å². The summed E-state index contributed by atoms with van der Waals surface area (Å²) in [5.74, 6) is 1.72. The first-order chi connectivity index (χ1) is 8.12. The van der Waals surface area contributed by atoms with Crippen molar-refractivity contribution >= 4 is 11.6 Å². The summed E-state index contributed by atoms with van der Waals surface area (Å²) >= 11 is 0. The lowest BCUT2D eigenvalue weighted by Crippen LogP contribution is -2.31. The number of anilines is 2. The van der Waals surface area contributed by atoms with Crippen molar-refractivity contribution in [3.63, 3.8) is 0 Å². The quantitative estimate of drug-likeness (QED) is 0.841. The van der Waals surface area contributed by atoms with Crippen molar-refractivity contribution in [2.45, 2.75) is 46.1 Å². The average molecular weight is 234 g/mol. The van der Waals surface area contributed by atoms with Gasteiger partial charge in [-0.05, 0) is 25.2 Å². The minimum atomic E-state index is 0.357. The first-order valence-electron chi connectivity index (χ1n) is 6.44. The molecule has 4 nitrogen and oxygen atoms in total. The lowest BCUT2D eigenvalue weighted by molar-refractivity contribution is 0.349. The number of hydrogen-bond donors (Lipinski definition) is 2. The van der Waals surface area contributed by atoms with E-state index in [0.717, 1.165) is 18.2 Å². The van der Waals surface area contributed by atoms with Crippen LogP contribution in [0.5, 0.6) is 0 Å². The van der Waals surface area contributed by atoms with Crippen LogP contribution in [0.1, 0.15) is 40.0 Å². The van der Waals surface area contributed by atoms with Crippen LogP contribution in [0.4, 0.5) is 11.6 Å². The number of hydrogen-bond acceptors (Lipinski definition) is 4. The number of nitrogens with zero attached hydrogens (tertiary/aromatic N) is 2. The molecule has 0 spiro atoms. The molecular weight excluding hydrogens is 212 g/mol. The van der Waals surface area contributed by atoms with Crippen LogP contribution in [0.15, 0.2) is 12.4 Å². The van der Waals surface area contributed by atoms with Crippen LogP contribution >= 0.6 is 0 Å². The smallest absolute Gasteiger partial charge is 0.147 e. The van der Waals surface area contributed by atoms with Gasteiger partial charge in [0.1, 0.15) is 11.6 Å². The second kappa shape index (κ2) is 4.90. The summed E-state index contributed by atoms with van der Waals surface area (Å²) in [7, 11) is 0. The summed E-state index contributed by atoms with van der Waals surface area (Å²) in [6.45, 7) is 7.56. The molecule has 1 aliphatic rings. The van der Waals surface area contributed by atoms with Crippen molar-refractivity contribution in [2.75, 3.05) is 17.2 Å². The van der Waals surface area contributed by atoms with E-state index in [-0.39, 0.29) is 0 Å². The van der Waals surface area contributed by atoms with E-state index < -0.39 is 0 Å². The zero-order valence-corrected chi connectivity index (χ0v) is 11.0. The monoisotopic (exact) mass is 234 g/mol. The molecule has 0 amide bonds. The summed E-state index contributed by atoms with van der Waals surface area (Å²) in [4.78, 5) is 8.71. The fourth-order valence-electron chi connectivity index (χ4n) is 2.47. The summed E-state index contributed by atoms with van der Waals surface area (Å²) < 4.78 is 0. The Bertz CT molecular complexity index is 375. The summed E-state index contributed by atoms with van der Waals surface area (Å²) in [5.41, 5.74) is 0.357. The van der Waals surface area contributed by atoms with Crippen LogP contribution in [0.2, 0.25) is 0 Å². The molecule has 0 bridgehead atoms. The zero-order valence-electron chi connectivity index (χ0n) is 11.0. The molecule has 4 heteroatoms. The second-order valence-electron chi connectivity index (χ2n) is 5.40. The maximum Gasteiger partial charge on any atom is 0.147 e. The molecule has 1 fully saturated rings. The van der Waals surface area contributed by atoms with Crippen molar-refractivity contribution in [1.82, 2.24) is 9.97 Å². The highest BCUT2D eigenvalue weighted by molar-refractivity contribution is 5.42. The first kappa shape index (κ1) is 12.1. The third kappa shape index (κ3) is 2.87. The van der Waals surface area contributed by atoms with E-state index in [1.165, 1.54) is 19.3 Å². The third-order valence-electron chi connectivity index (χ3n) is 3.57. The molecule has 94 valence electrons. The highest BCUT2D eigenvalue weighted by Crippen LogP contribution is 2.38. The van der Waals surface area contributed by atoms with Crippen LogP contribution < -0.4 is 10.6 Å². The van der Waals surface area contributed by atoms with Gasteiger partial charge in [0.05, 0.1) is 12.4 Å². The third-order valence-corrected chi connectivity index (χ3v) is 3.57. The molecule has 1 aliphatic carbocycles. The van der Waals surface area contributed by atoms with E-state index in [1.54, 1.807) is 12.4 Å². The van der Waals surface area contributed by atoms with Crippen molar-refractivity contribution < 1.29 is 0 Å². The van der Waals surface area contributed by atoms with Gasteiger partial charge in [0, 0.05) is 12.6 Å². The van der Waals surface area contributed by atoms with E-state index in [4.69, 9.17) is 0 Å². The van der Waals surface area contributed by atoms with Crippen molar-refractivity contribution in [3.8, 4) is 0 Å². The molecule has 1 unspecified atom stereocenters. The topological polar surface area (TPSA) is 49.8 Å². The largest absolute Gasteiger partial charge is 0.369 e. The summed E-state index contributed by atoms with van der Waals surface area (Å²) in [6, 6.07) is 0.508. The molecule has 1 aromatic rings. The highest BCUT2D eigenvalue weighted by atomic mass is 15.1. The fraction of sp³-hybridized carbons (Fsp3) is 0.692. The molecule has 2 N–H and O–H groups in total. The standard InChI is InChI=1S/C13H22N4/c1-4-15-11-8-14-9-12(17-11)16-10-6-5-7-13(10,2)3/h8-10H,4-7H2,1-3H3,(H2,15,16,17). The van der Waals surface area contributed by atoms with E-state index in [0.29, 0.717) is 11.5 Å². The van der Waals surface area contributed by atoms with Gasteiger partial charge in [-0.3, -0.25) is 4.98 Å². The van der Waals surface area contributed by atoms with E-state index in [1.807, 2.05) is 0 Å². The van der Waals surface area contributed by atoms with E-state index in [9.17, 15) is 0 Å². The predicted octanol–water partition coefficient (Wildman–Crippen LogP) is 2.90. The molecule has 17 heavy (non-hydrogen) atoms. The molecule has 1 heterocycles. The van der Waals surface area contributed by atoms with Gasteiger partial charge in [-0.2, -0.15) is 0 Å². The second-order valence-corrected chi connectivity index (χ2v) is 5.40. The zero-order chi connectivity index (χ0) is 12.3. The maximum absolute atomic E-state index is 4.51. The lowest BCUT2D eigenvalue weighted by Gasteiger charge is -2.28. The van der Waals surface area contributed by atoms with Gasteiger partial charge in [-0.1, -0.05) is 20.3 Å². The van der Waals surface area contributed by atoms with Crippen LogP contribution in [0.3, 0.4) is 0 Å². The Morgan fingerprint density at radius 3 is 2.76 bits per heavy atom. The van der Waals surface area contributed by atoms with Gasteiger partial charge in [-0.25, -0.2) is 4.98 Å². The van der Waals surface area contributed by atoms with Crippen LogP contribution in [-0.2, 0) is 0 Å². The lowest BCUT2D eigenvalue weighted by atomic mass is 9.87. The molecule has 2 rings (SSSR count). The predicted molar refractivity (Wildman–Crippen MR) is 71.2 cm³/mol. The minimum Gasteiger partial charge on any atom is -0.369 e. The Kier molecular flexibility index (Phi) is 3.50. The number of aromatic nitrogens is 2. The average Bonchev–Trinajstić information content (AvgIpc) is 2.59. The number of nitrogens with one attached hydrogen (secondary N) is 2.